The van der Waals surface area contributed by atoms with E-state index in [4.69, 9.17) is 16.3 Å². The number of halogens is 2. The van der Waals surface area contributed by atoms with E-state index in [-0.39, 0.29) is 5.78 Å². The van der Waals surface area contributed by atoms with Gasteiger partial charge in [-0.25, -0.2) is 0 Å². The molecule has 0 bridgehead atoms. The van der Waals surface area contributed by atoms with E-state index in [0.29, 0.717) is 21.9 Å². The highest BCUT2D eigenvalue weighted by Gasteiger charge is 2.13. The molecule has 0 radical (unpaired) electrons. The molecule has 0 heterocycles. The van der Waals surface area contributed by atoms with Gasteiger partial charge < -0.3 is 4.74 Å². The van der Waals surface area contributed by atoms with Gasteiger partial charge in [0.05, 0.1) is 0 Å². The van der Waals surface area contributed by atoms with Gasteiger partial charge in [-0.1, -0.05) is 45.7 Å². The molecule has 3 aromatic rings. The molecule has 0 aromatic heterocycles. The number of hydrogen-bond donors (Lipinski definition) is 0. The molecule has 0 aliphatic heterocycles. The molecule has 4 heteroatoms. The van der Waals surface area contributed by atoms with E-state index in [1.165, 1.54) is 0 Å². The Morgan fingerprint density at radius 1 is 0.870 bits per heavy atom. The van der Waals surface area contributed by atoms with E-state index >= 15 is 0 Å². The summed E-state index contributed by atoms with van der Waals surface area (Å²) < 4.78 is 6.44. The fourth-order valence-corrected chi connectivity index (χ4v) is 2.72. The van der Waals surface area contributed by atoms with Crippen molar-refractivity contribution in [3.63, 3.8) is 0 Å². The molecule has 0 N–H and O–H groups in total. The first-order valence-electron chi connectivity index (χ1n) is 6.96. The van der Waals surface area contributed by atoms with Gasteiger partial charge in [-0.15, -0.1) is 0 Å². The summed E-state index contributed by atoms with van der Waals surface area (Å²) in [5.41, 5.74) is 1.11. The predicted molar refractivity (Wildman–Crippen MR) is 95.5 cm³/mol. The summed E-state index contributed by atoms with van der Waals surface area (Å²) in [5, 5.41) is 0.528. The smallest absolute Gasteiger partial charge is 0.194 e. The molecule has 0 aliphatic carbocycles. The van der Waals surface area contributed by atoms with Gasteiger partial charge in [-0.2, -0.15) is 0 Å². The van der Waals surface area contributed by atoms with E-state index in [0.717, 1.165) is 10.2 Å². The van der Waals surface area contributed by atoms with E-state index in [2.05, 4.69) is 15.9 Å². The molecule has 3 aromatic carbocycles. The van der Waals surface area contributed by atoms with Crippen molar-refractivity contribution in [2.24, 2.45) is 0 Å². The number of ketones is 1. The Balaban J connectivity index is 1.82. The van der Waals surface area contributed by atoms with Crippen molar-refractivity contribution >= 4 is 33.3 Å². The summed E-state index contributed by atoms with van der Waals surface area (Å²) in [7, 11) is 0. The zero-order valence-corrected chi connectivity index (χ0v) is 14.3. The van der Waals surface area contributed by atoms with Gasteiger partial charge in [0.25, 0.3) is 0 Å². The van der Waals surface area contributed by atoms with Crippen molar-refractivity contribution in [1.29, 1.82) is 0 Å². The van der Waals surface area contributed by atoms with E-state index in [1.54, 1.807) is 42.5 Å². The highest BCUT2D eigenvalue weighted by molar-refractivity contribution is 9.10. The minimum absolute atomic E-state index is 0.0920. The van der Waals surface area contributed by atoms with E-state index < -0.39 is 0 Å². The van der Waals surface area contributed by atoms with Gasteiger partial charge in [0, 0.05) is 20.6 Å². The van der Waals surface area contributed by atoms with Gasteiger partial charge in [0.2, 0.25) is 0 Å². The normalized spacial score (nSPS) is 10.3. The standard InChI is InChI=1S/C19H12BrClO2/c20-18-11-8-14(21)12-17(18)19(22)13-6-9-16(10-7-13)23-15-4-2-1-3-5-15/h1-12H. The maximum Gasteiger partial charge on any atom is 0.194 e. The second-order valence-electron chi connectivity index (χ2n) is 4.89. The minimum atomic E-state index is -0.0920. The quantitative estimate of drug-likeness (QED) is 0.504. The average Bonchev–Trinajstić information content (AvgIpc) is 2.58. The van der Waals surface area contributed by atoms with Gasteiger partial charge >= 0.3 is 0 Å². The summed E-state index contributed by atoms with van der Waals surface area (Å²) in [6.45, 7) is 0. The van der Waals surface area contributed by atoms with Crippen molar-refractivity contribution in [1.82, 2.24) is 0 Å². The predicted octanol–water partition coefficient (Wildman–Crippen LogP) is 6.13. The fourth-order valence-electron chi connectivity index (χ4n) is 2.13. The molecule has 0 aliphatic rings. The second-order valence-corrected chi connectivity index (χ2v) is 6.18. The maximum absolute atomic E-state index is 12.6. The van der Waals surface area contributed by atoms with Gasteiger partial charge in [0.1, 0.15) is 11.5 Å². The first-order chi connectivity index (χ1) is 11.1. The Bertz CT molecular complexity index is 830. The summed E-state index contributed by atoms with van der Waals surface area (Å²) in [6.07, 6.45) is 0. The SMILES string of the molecule is O=C(c1ccc(Oc2ccccc2)cc1)c1cc(Cl)ccc1Br. The number of ether oxygens (including phenoxy) is 1. The van der Waals surface area contributed by atoms with Crippen molar-refractivity contribution < 1.29 is 9.53 Å². The number of para-hydroxylation sites is 1. The summed E-state index contributed by atoms with van der Waals surface area (Å²) in [4.78, 5) is 12.6. The van der Waals surface area contributed by atoms with Crippen LogP contribution < -0.4 is 4.74 Å². The summed E-state index contributed by atoms with van der Waals surface area (Å²) in [5.74, 6) is 1.34. The molecule has 23 heavy (non-hydrogen) atoms. The first-order valence-corrected chi connectivity index (χ1v) is 8.13. The molecule has 2 nitrogen and oxygen atoms in total. The molecule has 0 atom stereocenters. The summed E-state index contributed by atoms with van der Waals surface area (Å²) >= 11 is 9.35. The highest BCUT2D eigenvalue weighted by Crippen LogP contribution is 2.26. The molecule has 0 saturated carbocycles. The Morgan fingerprint density at radius 3 is 2.22 bits per heavy atom. The van der Waals surface area contributed by atoms with Crippen molar-refractivity contribution in [3.8, 4) is 11.5 Å². The number of carbonyl (C=O) groups is 1. The van der Waals surface area contributed by atoms with Crippen molar-refractivity contribution in [2.45, 2.75) is 0 Å². The molecule has 0 fully saturated rings. The molecule has 0 saturated heterocycles. The lowest BCUT2D eigenvalue weighted by molar-refractivity contribution is 0.103. The zero-order valence-electron chi connectivity index (χ0n) is 12.0. The Labute approximate surface area is 147 Å². The Morgan fingerprint density at radius 2 is 1.52 bits per heavy atom. The van der Waals surface area contributed by atoms with Crippen LogP contribution in [0.3, 0.4) is 0 Å². The van der Waals surface area contributed by atoms with E-state index in [1.807, 2.05) is 30.3 Å². The number of benzene rings is 3. The summed E-state index contributed by atoms with van der Waals surface area (Å²) in [6, 6.07) is 21.7. The van der Waals surface area contributed by atoms with Gasteiger partial charge in [-0.3, -0.25) is 4.79 Å². The minimum Gasteiger partial charge on any atom is -0.457 e. The maximum atomic E-state index is 12.6. The van der Waals surface area contributed by atoms with Crippen LogP contribution in [0.15, 0.2) is 77.3 Å². The largest absolute Gasteiger partial charge is 0.457 e. The first kappa shape index (κ1) is 15.8. The highest BCUT2D eigenvalue weighted by atomic mass is 79.9. The zero-order chi connectivity index (χ0) is 16.2. The van der Waals surface area contributed by atoms with Gasteiger partial charge in [-0.05, 0) is 54.6 Å². The lowest BCUT2D eigenvalue weighted by atomic mass is 10.0. The number of rotatable bonds is 4. The van der Waals surface area contributed by atoms with Crippen LogP contribution in [0.5, 0.6) is 11.5 Å². The molecule has 0 unspecified atom stereocenters. The molecular weight excluding hydrogens is 376 g/mol. The van der Waals surface area contributed by atoms with Crippen LogP contribution in [0, 0.1) is 0 Å². The molecule has 3 rings (SSSR count). The fraction of sp³-hybridized carbons (Fsp3) is 0. The monoisotopic (exact) mass is 386 g/mol. The average molecular weight is 388 g/mol. The van der Waals surface area contributed by atoms with Crippen LogP contribution in [-0.2, 0) is 0 Å². The Kier molecular flexibility index (Phi) is 4.79. The molecule has 114 valence electrons. The topological polar surface area (TPSA) is 26.3 Å². The van der Waals surface area contributed by atoms with Crippen LogP contribution in [-0.4, -0.2) is 5.78 Å². The van der Waals surface area contributed by atoms with Crippen molar-refractivity contribution in [2.75, 3.05) is 0 Å². The molecule has 0 amide bonds. The molecular formula is C19H12BrClO2. The van der Waals surface area contributed by atoms with Crippen LogP contribution >= 0.6 is 27.5 Å². The van der Waals surface area contributed by atoms with Gasteiger partial charge in [0.15, 0.2) is 5.78 Å². The van der Waals surface area contributed by atoms with Crippen molar-refractivity contribution in [3.05, 3.63) is 93.4 Å². The lowest BCUT2D eigenvalue weighted by Gasteiger charge is -2.07. The number of carbonyl (C=O) groups excluding carboxylic acids is 1. The second kappa shape index (κ2) is 6.99. The molecule has 0 spiro atoms. The Hall–Kier alpha value is -2.10. The van der Waals surface area contributed by atoms with Crippen LogP contribution in [0.4, 0.5) is 0 Å². The van der Waals surface area contributed by atoms with Crippen LogP contribution in [0.1, 0.15) is 15.9 Å². The van der Waals surface area contributed by atoms with E-state index in [9.17, 15) is 4.79 Å². The van der Waals surface area contributed by atoms with Crippen LogP contribution in [0.2, 0.25) is 5.02 Å². The third kappa shape index (κ3) is 3.81. The third-order valence-corrected chi connectivity index (χ3v) is 4.20. The van der Waals surface area contributed by atoms with Crippen LogP contribution in [0.25, 0.3) is 0 Å². The number of hydrogen-bond acceptors (Lipinski definition) is 2. The lowest BCUT2D eigenvalue weighted by Crippen LogP contribution is -2.02. The third-order valence-electron chi connectivity index (χ3n) is 3.27.